The van der Waals surface area contributed by atoms with E-state index in [0.29, 0.717) is 12.8 Å². The second-order valence-electron chi connectivity index (χ2n) is 4.31. The summed E-state index contributed by atoms with van der Waals surface area (Å²) in [5, 5.41) is 8.77. The summed E-state index contributed by atoms with van der Waals surface area (Å²) in [4.78, 5) is 10.7. The molecule has 0 bridgehead atoms. The van der Waals surface area contributed by atoms with Gasteiger partial charge < -0.3 is 9.84 Å². The molecule has 0 saturated heterocycles. The summed E-state index contributed by atoms with van der Waals surface area (Å²) < 4.78 is 31.4. The zero-order chi connectivity index (χ0) is 12.5. The highest BCUT2D eigenvalue weighted by molar-refractivity contribution is 5.68. The van der Waals surface area contributed by atoms with Crippen LogP contribution in [0.3, 0.4) is 0 Å². The van der Waals surface area contributed by atoms with Gasteiger partial charge in [0.1, 0.15) is 23.0 Å². The molecule has 0 aromatic heterocycles. The number of hydrogen-bond acceptors (Lipinski definition) is 2. The lowest BCUT2D eigenvalue weighted by atomic mass is 9.77. The summed E-state index contributed by atoms with van der Waals surface area (Å²) in [6.45, 7) is 0. The van der Waals surface area contributed by atoms with Crippen LogP contribution < -0.4 is 4.74 Å². The average molecular weight is 242 g/mol. The van der Waals surface area contributed by atoms with Gasteiger partial charge in [0.25, 0.3) is 0 Å². The molecule has 5 heteroatoms. The maximum Gasteiger partial charge on any atom is 0.307 e. The van der Waals surface area contributed by atoms with E-state index in [4.69, 9.17) is 9.84 Å². The molecule has 0 radical (unpaired) electrons. The number of halogens is 2. The van der Waals surface area contributed by atoms with Crippen LogP contribution in [-0.4, -0.2) is 16.7 Å². The molecule has 17 heavy (non-hydrogen) atoms. The predicted octanol–water partition coefficient (Wildman–Crippen LogP) is 2.74. The largest absolute Gasteiger partial charge is 0.486 e. The average Bonchev–Trinajstić information content (AvgIpc) is 2.11. The van der Waals surface area contributed by atoms with Crippen molar-refractivity contribution in [2.24, 2.45) is 0 Å². The summed E-state index contributed by atoms with van der Waals surface area (Å²) >= 11 is 0. The summed E-state index contributed by atoms with van der Waals surface area (Å²) in [7, 11) is 0. The van der Waals surface area contributed by atoms with Gasteiger partial charge in [-0.2, -0.15) is 0 Å². The molecule has 1 saturated carbocycles. The van der Waals surface area contributed by atoms with Crippen LogP contribution >= 0.6 is 0 Å². The standard InChI is InChI=1S/C12H12F2O3/c13-8-4-9(14)6-10(5-8)17-12(2-1-3-12)7-11(15)16/h4-6H,1-3,7H2,(H,15,16). The highest BCUT2D eigenvalue weighted by Gasteiger charge is 2.41. The van der Waals surface area contributed by atoms with Gasteiger partial charge in [-0.1, -0.05) is 0 Å². The first-order valence-electron chi connectivity index (χ1n) is 5.36. The lowest BCUT2D eigenvalue weighted by Gasteiger charge is -2.40. The maximum absolute atomic E-state index is 13.0. The Labute approximate surface area is 97.0 Å². The lowest BCUT2D eigenvalue weighted by Crippen LogP contribution is -2.45. The highest BCUT2D eigenvalue weighted by Crippen LogP contribution is 2.39. The predicted molar refractivity (Wildman–Crippen MR) is 55.8 cm³/mol. The normalized spacial score (nSPS) is 17.3. The van der Waals surface area contributed by atoms with Crippen molar-refractivity contribution in [2.75, 3.05) is 0 Å². The molecule has 1 N–H and O–H groups in total. The minimum absolute atomic E-state index is 0.0449. The fraction of sp³-hybridized carbons (Fsp3) is 0.417. The number of carboxylic acid groups (broad SMARTS) is 1. The summed E-state index contributed by atoms with van der Waals surface area (Å²) in [5.74, 6) is -2.39. The lowest BCUT2D eigenvalue weighted by molar-refractivity contribution is -0.144. The Balaban J connectivity index is 2.15. The third-order valence-corrected chi connectivity index (χ3v) is 2.91. The Morgan fingerprint density at radius 2 is 1.88 bits per heavy atom. The van der Waals surface area contributed by atoms with Gasteiger partial charge in [-0.3, -0.25) is 4.79 Å². The molecule has 0 heterocycles. The molecule has 1 aromatic carbocycles. The van der Waals surface area contributed by atoms with E-state index in [2.05, 4.69) is 0 Å². The van der Waals surface area contributed by atoms with E-state index >= 15 is 0 Å². The fourth-order valence-corrected chi connectivity index (χ4v) is 2.00. The van der Waals surface area contributed by atoms with Gasteiger partial charge in [-0.15, -0.1) is 0 Å². The number of hydrogen-bond donors (Lipinski definition) is 1. The van der Waals surface area contributed by atoms with Crippen molar-refractivity contribution in [3.63, 3.8) is 0 Å². The molecule has 3 nitrogen and oxygen atoms in total. The van der Waals surface area contributed by atoms with Crippen LogP contribution in [0.5, 0.6) is 5.75 Å². The van der Waals surface area contributed by atoms with Gasteiger partial charge >= 0.3 is 5.97 Å². The first kappa shape index (κ1) is 11.8. The minimum Gasteiger partial charge on any atom is -0.486 e. The Bertz CT molecular complexity index is 421. The second-order valence-corrected chi connectivity index (χ2v) is 4.31. The zero-order valence-electron chi connectivity index (χ0n) is 9.08. The molecular weight excluding hydrogens is 230 g/mol. The van der Waals surface area contributed by atoms with Crippen LogP contribution in [0, 0.1) is 11.6 Å². The monoisotopic (exact) mass is 242 g/mol. The minimum atomic E-state index is -0.971. The molecular formula is C12H12F2O3. The smallest absolute Gasteiger partial charge is 0.307 e. The third-order valence-electron chi connectivity index (χ3n) is 2.91. The number of carbonyl (C=O) groups is 1. The van der Waals surface area contributed by atoms with E-state index in [-0.39, 0.29) is 12.2 Å². The van der Waals surface area contributed by atoms with Gasteiger partial charge in [-0.05, 0) is 19.3 Å². The summed E-state index contributed by atoms with van der Waals surface area (Å²) in [6.07, 6.45) is 1.91. The maximum atomic E-state index is 13.0. The highest BCUT2D eigenvalue weighted by atomic mass is 19.1. The van der Waals surface area contributed by atoms with Crippen molar-refractivity contribution in [1.29, 1.82) is 0 Å². The molecule has 1 fully saturated rings. The van der Waals surface area contributed by atoms with Crippen LogP contribution in [0.2, 0.25) is 0 Å². The van der Waals surface area contributed by atoms with Crippen LogP contribution in [0.1, 0.15) is 25.7 Å². The molecule has 0 aliphatic heterocycles. The first-order chi connectivity index (χ1) is 7.99. The molecule has 0 spiro atoms. The van der Waals surface area contributed by atoms with Crippen molar-refractivity contribution >= 4 is 5.97 Å². The number of ether oxygens (including phenoxy) is 1. The quantitative estimate of drug-likeness (QED) is 0.883. The van der Waals surface area contributed by atoms with E-state index in [1.807, 2.05) is 0 Å². The number of aliphatic carboxylic acids is 1. The van der Waals surface area contributed by atoms with Crippen LogP contribution in [-0.2, 0) is 4.79 Å². The van der Waals surface area contributed by atoms with Gasteiger partial charge in [-0.25, -0.2) is 8.78 Å². The molecule has 0 unspecified atom stereocenters. The van der Waals surface area contributed by atoms with E-state index in [1.165, 1.54) is 0 Å². The molecule has 1 aliphatic carbocycles. The van der Waals surface area contributed by atoms with Crippen LogP contribution in [0.15, 0.2) is 18.2 Å². The fourth-order valence-electron chi connectivity index (χ4n) is 2.00. The Hall–Kier alpha value is -1.65. The van der Waals surface area contributed by atoms with Crippen LogP contribution in [0.4, 0.5) is 8.78 Å². The zero-order valence-corrected chi connectivity index (χ0v) is 9.08. The topological polar surface area (TPSA) is 46.5 Å². The molecule has 1 aromatic rings. The second kappa shape index (κ2) is 4.31. The van der Waals surface area contributed by atoms with E-state index in [1.54, 1.807) is 0 Å². The van der Waals surface area contributed by atoms with Crippen molar-refractivity contribution < 1.29 is 23.4 Å². The van der Waals surface area contributed by atoms with Gasteiger partial charge in [0.2, 0.25) is 0 Å². The van der Waals surface area contributed by atoms with Crippen molar-refractivity contribution in [1.82, 2.24) is 0 Å². The van der Waals surface area contributed by atoms with Gasteiger partial charge in [0, 0.05) is 18.2 Å². The van der Waals surface area contributed by atoms with Crippen LogP contribution in [0.25, 0.3) is 0 Å². The van der Waals surface area contributed by atoms with Crippen molar-refractivity contribution in [2.45, 2.75) is 31.3 Å². The summed E-state index contributed by atoms with van der Waals surface area (Å²) in [6, 6.07) is 2.87. The number of benzene rings is 1. The molecule has 2 rings (SSSR count). The molecule has 92 valence electrons. The number of carboxylic acids is 1. The van der Waals surface area contributed by atoms with E-state index in [0.717, 1.165) is 24.6 Å². The SMILES string of the molecule is O=C(O)CC1(Oc2cc(F)cc(F)c2)CCC1. The van der Waals surface area contributed by atoms with Crippen molar-refractivity contribution in [3.05, 3.63) is 29.8 Å². The Kier molecular flexibility index (Phi) is 3.00. The van der Waals surface area contributed by atoms with Crippen molar-refractivity contribution in [3.8, 4) is 5.75 Å². The molecule has 0 atom stereocenters. The van der Waals surface area contributed by atoms with E-state index in [9.17, 15) is 13.6 Å². The Morgan fingerprint density at radius 3 is 2.29 bits per heavy atom. The third kappa shape index (κ3) is 2.72. The summed E-state index contributed by atoms with van der Waals surface area (Å²) in [5.41, 5.74) is -0.800. The first-order valence-corrected chi connectivity index (χ1v) is 5.36. The molecule has 0 amide bonds. The molecule has 1 aliphatic rings. The Morgan fingerprint density at radius 1 is 1.29 bits per heavy atom. The van der Waals surface area contributed by atoms with Gasteiger partial charge in [0.15, 0.2) is 0 Å². The number of rotatable bonds is 4. The van der Waals surface area contributed by atoms with Gasteiger partial charge in [0.05, 0.1) is 6.42 Å². The van der Waals surface area contributed by atoms with E-state index < -0.39 is 23.2 Å².